The van der Waals surface area contributed by atoms with Crippen LogP contribution in [-0.2, 0) is 0 Å². The molecule has 0 fully saturated rings. The Morgan fingerprint density at radius 1 is 1.25 bits per heavy atom. The second-order valence-corrected chi connectivity index (χ2v) is 2.82. The van der Waals surface area contributed by atoms with Gasteiger partial charge in [-0.1, -0.05) is 26.7 Å². The molecule has 0 heterocycles. The number of nitrogens with one attached hydrogen (secondary N) is 1. The van der Waals surface area contributed by atoms with E-state index in [-0.39, 0.29) is 6.03 Å². The lowest BCUT2D eigenvalue weighted by Gasteiger charge is -2.02. The summed E-state index contributed by atoms with van der Waals surface area (Å²) < 4.78 is 0. The normalized spacial score (nSPS) is 9.50. The predicted molar refractivity (Wildman–Crippen MR) is 50.2 cm³/mol. The van der Waals surface area contributed by atoms with Crippen LogP contribution < -0.4 is 10.6 Å². The summed E-state index contributed by atoms with van der Waals surface area (Å²) in [6, 6.07) is -0.159. The van der Waals surface area contributed by atoms with Gasteiger partial charge < -0.3 is 5.32 Å². The van der Waals surface area contributed by atoms with Gasteiger partial charge in [0, 0.05) is 13.1 Å². The number of urea groups is 1. The third-order valence-electron chi connectivity index (χ3n) is 1.54. The van der Waals surface area contributed by atoms with Crippen LogP contribution in [-0.4, -0.2) is 19.1 Å². The molecule has 0 spiro atoms. The minimum Gasteiger partial charge on any atom is -0.337 e. The largest absolute Gasteiger partial charge is 0.337 e. The minimum atomic E-state index is -0.159. The first-order chi connectivity index (χ1) is 5.81. The van der Waals surface area contributed by atoms with Crippen molar-refractivity contribution in [3.05, 3.63) is 0 Å². The average Bonchev–Trinajstić information content (AvgIpc) is 2.09. The zero-order valence-electron chi connectivity index (χ0n) is 8.10. The SMILES string of the molecule is CCCCCNC(=O)[N]CCC. The molecule has 0 aromatic heterocycles. The van der Waals surface area contributed by atoms with Gasteiger partial charge in [-0.25, -0.2) is 10.1 Å². The number of nitrogens with zero attached hydrogens (tertiary/aromatic N) is 1. The van der Waals surface area contributed by atoms with Crippen molar-refractivity contribution < 1.29 is 4.79 Å². The first-order valence-corrected chi connectivity index (χ1v) is 4.76. The van der Waals surface area contributed by atoms with E-state index in [9.17, 15) is 4.79 Å². The Morgan fingerprint density at radius 2 is 2.00 bits per heavy atom. The standard InChI is InChI=1S/C9H19N2O/c1-3-5-6-8-11-9(12)10-7-4-2/h3-8H2,1-2H3,(H,11,12). The molecule has 3 heteroatoms. The molecule has 71 valence electrons. The monoisotopic (exact) mass is 171 g/mol. The molecule has 0 bridgehead atoms. The third-order valence-corrected chi connectivity index (χ3v) is 1.54. The molecule has 1 N–H and O–H groups in total. The molecule has 0 aromatic rings. The Hall–Kier alpha value is -0.730. The Bertz CT molecular complexity index is 115. The summed E-state index contributed by atoms with van der Waals surface area (Å²) in [7, 11) is 0. The van der Waals surface area contributed by atoms with Gasteiger partial charge in [0.05, 0.1) is 0 Å². The van der Waals surface area contributed by atoms with Gasteiger partial charge in [0.25, 0.3) is 0 Å². The molecule has 2 amide bonds. The van der Waals surface area contributed by atoms with E-state index in [0.29, 0.717) is 6.54 Å². The molecule has 0 unspecified atom stereocenters. The van der Waals surface area contributed by atoms with Gasteiger partial charge in [0.15, 0.2) is 0 Å². The Balaban J connectivity index is 3.08. The number of rotatable bonds is 6. The van der Waals surface area contributed by atoms with Crippen LogP contribution in [0.25, 0.3) is 0 Å². The highest BCUT2D eigenvalue weighted by Gasteiger charge is 1.97. The van der Waals surface area contributed by atoms with Crippen LogP contribution in [0.2, 0.25) is 0 Å². The molecule has 1 radical (unpaired) electrons. The van der Waals surface area contributed by atoms with Crippen LogP contribution in [0.4, 0.5) is 4.79 Å². The first-order valence-electron chi connectivity index (χ1n) is 4.76. The Morgan fingerprint density at radius 3 is 2.58 bits per heavy atom. The van der Waals surface area contributed by atoms with Crippen molar-refractivity contribution in [2.75, 3.05) is 13.1 Å². The van der Waals surface area contributed by atoms with E-state index < -0.39 is 0 Å². The van der Waals surface area contributed by atoms with Crippen molar-refractivity contribution in [3.8, 4) is 0 Å². The van der Waals surface area contributed by atoms with Crippen LogP contribution in [0.15, 0.2) is 0 Å². The van der Waals surface area contributed by atoms with Crippen molar-refractivity contribution >= 4 is 6.03 Å². The quantitative estimate of drug-likeness (QED) is 0.609. The highest BCUT2D eigenvalue weighted by molar-refractivity contribution is 5.73. The van der Waals surface area contributed by atoms with Crippen molar-refractivity contribution in [2.24, 2.45) is 0 Å². The van der Waals surface area contributed by atoms with E-state index >= 15 is 0 Å². The second-order valence-electron chi connectivity index (χ2n) is 2.82. The Kier molecular flexibility index (Phi) is 7.86. The van der Waals surface area contributed by atoms with Gasteiger partial charge in [0.2, 0.25) is 0 Å². The highest BCUT2D eigenvalue weighted by atomic mass is 16.2. The maximum Gasteiger partial charge on any atom is 0.336 e. The van der Waals surface area contributed by atoms with Gasteiger partial charge in [-0.05, 0) is 12.8 Å². The molecular formula is C9H19N2O. The van der Waals surface area contributed by atoms with E-state index in [1.54, 1.807) is 0 Å². The lowest BCUT2D eigenvalue weighted by atomic mass is 10.2. The molecule has 0 saturated heterocycles. The summed E-state index contributed by atoms with van der Waals surface area (Å²) in [5.41, 5.74) is 0. The highest BCUT2D eigenvalue weighted by Crippen LogP contribution is 1.90. The zero-order valence-corrected chi connectivity index (χ0v) is 8.10. The zero-order chi connectivity index (χ0) is 9.23. The van der Waals surface area contributed by atoms with E-state index in [0.717, 1.165) is 19.4 Å². The number of amides is 2. The van der Waals surface area contributed by atoms with Gasteiger partial charge in [-0.15, -0.1) is 0 Å². The molecule has 0 aromatic carbocycles. The fourth-order valence-electron chi connectivity index (χ4n) is 0.840. The maximum absolute atomic E-state index is 10.9. The number of unbranched alkanes of at least 4 members (excludes halogenated alkanes) is 2. The molecule has 12 heavy (non-hydrogen) atoms. The second kappa shape index (κ2) is 8.37. The minimum absolute atomic E-state index is 0.159. The number of carbonyl (C=O) groups is 1. The molecular weight excluding hydrogens is 152 g/mol. The summed E-state index contributed by atoms with van der Waals surface area (Å²) in [6.07, 6.45) is 4.35. The van der Waals surface area contributed by atoms with Gasteiger partial charge in [-0.2, -0.15) is 0 Å². The molecule has 0 aliphatic heterocycles. The van der Waals surface area contributed by atoms with E-state index in [4.69, 9.17) is 0 Å². The van der Waals surface area contributed by atoms with Crippen molar-refractivity contribution in [1.29, 1.82) is 0 Å². The lowest BCUT2D eigenvalue weighted by molar-refractivity contribution is 0.240. The smallest absolute Gasteiger partial charge is 0.336 e. The van der Waals surface area contributed by atoms with Gasteiger partial charge in [0.1, 0.15) is 0 Å². The van der Waals surface area contributed by atoms with Crippen molar-refractivity contribution in [2.45, 2.75) is 39.5 Å². The summed E-state index contributed by atoms with van der Waals surface area (Å²) in [5, 5.41) is 6.54. The predicted octanol–water partition coefficient (Wildman–Crippen LogP) is 1.90. The molecule has 0 aliphatic rings. The lowest BCUT2D eigenvalue weighted by Crippen LogP contribution is -2.31. The molecule has 0 aliphatic carbocycles. The van der Waals surface area contributed by atoms with Gasteiger partial charge in [-0.3, -0.25) is 0 Å². The van der Waals surface area contributed by atoms with Crippen molar-refractivity contribution in [1.82, 2.24) is 10.6 Å². The van der Waals surface area contributed by atoms with Crippen LogP contribution in [0.5, 0.6) is 0 Å². The van der Waals surface area contributed by atoms with E-state index in [1.165, 1.54) is 12.8 Å². The molecule has 3 nitrogen and oxygen atoms in total. The van der Waals surface area contributed by atoms with Crippen LogP contribution in [0.3, 0.4) is 0 Å². The fraction of sp³-hybridized carbons (Fsp3) is 0.889. The van der Waals surface area contributed by atoms with E-state index in [1.807, 2.05) is 6.92 Å². The van der Waals surface area contributed by atoms with Gasteiger partial charge >= 0.3 is 6.03 Å². The summed E-state index contributed by atoms with van der Waals surface area (Å²) in [4.78, 5) is 10.9. The van der Waals surface area contributed by atoms with Crippen LogP contribution in [0.1, 0.15) is 39.5 Å². The summed E-state index contributed by atoms with van der Waals surface area (Å²) in [6.45, 7) is 5.55. The molecule has 0 saturated carbocycles. The van der Waals surface area contributed by atoms with Crippen LogP contribution in [0, 0.1) is 0 Å². The third kappa shape index (κ3) is 7.38. The number of hydrogen-bond acceptors (Lipinski definition) is 1. The first kappa shape index (κ1) is 11.3. The number of hydrogen-bond donors (Lipinski definition) is 1. The summed E-state index contributed by atoms with van der Waals surface area (Å²) in [5.74, 6) is 0. The maximum atomic E-state index is 10.9. The molecule has 0 rings (SSSR count). The topological polar surface area (TPSA) is 43.2 Å². The van der Waals surface area contributed by atoms with E-state index in [2.05, 4.69) is 17.6 Å². The number of carbonyl (C=O) groups excluding carboxylic acids is 1. The van der Waals surface area contributed by atoms with Crippen LogP contribution >= 0.6 is 0 Å². The molecule has 0 atom stereocenters. The summed E-state index contributed by atoms with van der Waals surface area (Å²) >= 11 is 0. The fourth-order valence-corrected chi connectivity index (χ4v) is 0.840. The Labute approximate surface area is 74.9 Å². The van der Waals surface area contributed by atoms with Crippen molar-refractivity contribution in [3.63, 3.8) is 0 Å². The average molecular weight is 171 g/mol.